The van der Waals surface area contributed by atoms with E-state index < -0.39 is 16.2 Å². The van der Waals surface area contributed by atoms with E-state index in [2.05, 4.69) is 4.57 Å². The number of aromatic nitrogens is 1. The second-order valence-electron chi connectivity index (χ2n) is 6.83. The van der Waals surface area contributed by atoms with Crippen LogP contribution in [0.4, 0.5) is 0 Å². The highest BCUT2D eigenvalue weighted by atomic mass is 32.2. The van der Waals surface area contributed by atoms with Gasteiger partial charge in [-0.25, -0.2) is 0 Å². The Balaban J connectivity index is 2.01. The molecule has 26 heavy (non-hydrogen) atoms. The minimum atomic E-state index is -3.52. The molecule has 0 saturated carbocycles. The fourth-order valence-electron chi connectivity index (χ4n) is 3.77. The van der Waals surface area contributed by atoms with Crippen LogP contribution in [-0.2, 0) is 36.7 Å². The molecule has 0 aliphatic carbocycles. The van der Waals surface area contributed by atoms with Gasteiger partial charge in [-0.05, 0) is 37.8 Å². The van der Waals surface area contributed by atoms with Crippen LogP contribution < -0.4 is 0 Å². The molecule has 0 amide bonds. The molecule has 1 aromatic carbocycles. The molecule has 0 fully saturated rings. The van der Waals surface area contributed by atoms with E-state index in [1.807, 2.05) is 38.1 Å². The predicted molar refractivity (Wildman–Crippen MR) is 99.6 cm³/mol. The van der Waals surface area contributed by atoms with E-state index in [9.17, 15) is 13.2 Å². The third-order valence-electron chi connectivity index (χ3n) is 4.83. The maximum atomic E-state index is 12.2. The predicted octanol–water partition coefficient (Wildman–Crippen LogP) is 2.99. The summed E-state index contributed by atoms with van der Waals surface area (Å²) >= 11 is 0. The third kappa shape index (κ3) is 3.78. The molecule has 3 rings (SSSR count). The molecule has 1 aromatic heterocycles. The van der Waals surface area contributed by atoms with Crippen LogP contribution >= 0.6 is 0 Å². The molecule has 0 saturated heterocycles. The fourth-order valence-corrected chi connectivity index (χ4v) is 4.48. The summed E-state index contributed by atoms with van der Waals surface area (Å²) in [6, 6.07) is 7.76. The molecule has 2 unspecified atom stereocenters. The molecule has 0 N–H and O–H groups in total. The summed E-state index contributed by atoms with van der Waals surface area (Å²) in [6.07, 6.45) is 2.96. The number of fused-ring (bicyclic) bond motifs is 3. The van der Waals surface area contributed by atoms with Gasteiger partial charge in [0.1, 0.15) is 0 Å². The molecule has 2 atom stereocenters. The monoisotopic (exact) mass is 379 g/mol. The Kier molecular flexibility index (Phi) is 5.39. The van der Waals surface area contributed by atoms with Gasteiger partial charge in [0.15, 0.2) is 0 Å². The van der Waals surface area contributed by atoms with Crippen molar-refractivity contribution in [1.82, 2.24) is 4.57 Å². The molecule has 2 aromatic rings. The van der Waals surface area contributed by atoms with E-state index in [1.165, 1.54) is 0 Å². The first-order chi connectivity index (χ1) is 12.3. The van der Waals surface area contributed by atoms with Crippen molar-refractivity contribution in [2.24, 2.45) is 0 Å². The van der Waals surface area contributed by atoms with Crippen LogP contribution in [-0.4, -0.2) is 37.9 Å². The lowest BCUT2D eigenvalue weighted by Crippen LogP contribution is -2.33. The number of hydrogen-bond donors (Lipinski definition) is 0. The van der Waals surface area contributed by atoms with Gasteiger partial charge in [0.25, 0.3) is 10.1 Å². The Morgan fingerprint density at radius 1 is 1.31 bits per heavy atom. The van der Waals surface area contributed by atoms with Crippen LogP contribution in [0.2, 0.25) is 0 Å². The second-order valence-corrected chi connectivity index (χ2v) is 8.43. The molecule has 0 radical (unpaired) electrons. The van der Waals surface area contributed by atoms with Gasteiger partial charge in [-0.2, -0.15) is 8.42 Å². The smallest absolute Gasteiger partial charge is 0.310 e. The number of carbonyl (C=O) groups excluding carboxylic acids is 1. The summed E-state index contributed by atoms with van der Waals surface area (Å²) in [6.45, 7) is 4.35. The molecule has 142 valence electrons. The molecule has 1 aliphatic heterocycles. The fraction of sp³-hybridized carbons (Fsp3) is 0.526. The molecule has 2 heterocycles. The van der Waals surface area contributed by atoms with Gasteiger partial charge in [0.05, 0.1) is 31.4 Å². The molecular weight excluding hydrogens is 354 g/mol. The minimum Gasteiger partial charge on any atom is -0.465 e. The lowest BCUT2D eigenvalue weighted by atomic mass is 9.97. The average molecular weight is 379 g/mol. The van der Waals surface area contributed by atoms with Crippen molar-refractivity contribution in [2.45, 2.75) is 51.7 Å². The number of nitrogens with zero attached hydrogens (tertiary/aromatic N) is 1. The van der Waals surface area contributed by atoms with E-state index >= 15 is 0 Å². The maximum Gasteiger partial charge on any atom is 0.310 e. The van der Waals surface area contributed by atoms with Gasteiger partial charge in [0, 0.05) is 16.6 Å². The topological polar surface area (TPSA) is 74.6 Å². The molecule has 1 aliphatic rings. The number of benzene rings is 1. The van der Waals surface area contributed by atoms with Gasteiger partial charge < -0.3 is 9.30 Å². The first kappa shape index (κ1) is 18.9. The number of carbonyl (C=O) groups is 1. The normalized spacial score (nSPS) is 20.1. The summed E-state index contributed by atoms with van der Waals surface area (Å²) in [5, 5.41) is 1.02. The Hall–Kier alpha value is -1.86. The largest absolute Gasteiger partial charge is 0.465 e. The zero-order valence-corrected chi connectivity index (χ0v) is 16.2. The van der Waals surface area contributed by atoms with E-state index in [-0.39, 0.29) is 18.4 Å². The number of rotatable bonds is 6. The first-order valence-corrected chi connectivity index (χ1v) is 10.8. The van der Waals surface area contributed by atoms with Crippen molar-refractivity contribution < 1.29 is 22.1 Å². The van der Waals surface area contributed by atoms with Crippen molar-refractivity contribution in [3.05, 3.63) is 35.5 Å². The molecular formula is C19H25NO5S. The summed E-state index contributed by atoms with van der Waals surface area (Å²) in [5.74, 6) is -0.229. The Morgan fingerprint density at radius 2 is 2.04 bits per heavy atom. The van der Waals surface area contributed by atoms with Crippen LogP contribution in [0, 0.1) is 0 Å². The summed E-state index contributed by atoms with van der Waals surface area (Å²) in [4.78, 5) is 12.2. The number of para-hydroxylation sites is 1. The minimum absolute atomic E-state index is 0.140. The van der Waals surface area contributed by atoms with Crippen LogP contribution in [0.25, 0.3) is 10.9 Å². The third-order valence-corrected chi connectivity index (χ3v) is 5.42. The second kappa shape index (κ2) is 7.40. The molecule has 0 bridgehead atoms. The molecule has 6 nitrogen and oxygen atoms in total. The van der Waals surface area contributed by atoms with Gasteiger partial charge >= 0.3 is 5.97 Å². The van der Waals surface area contributed by atoms with E-state index in [0.29, 0.717) is 19.4 Å². The standard InChI is InChI=1S/C19H25NO5S/c1-4-11-24-19(21)12-15-14-7-5-6-8-16(14)20-13(2)18(10-9-17(15)20)25-26(3,22)23/h5-8,13,18H,4,9-12H2,1-3H3. The zero-order chi connectivity index (χ0) is 18.9. The van der Waals surface area contributed by atoms with Crippen molar-refractivity contribution in [3.8, 4) is 0 Å². The molecule has 7 heteroatoms. The maximum absolute atomic E-state index is 12.2. The van der Waals surface area contributed by atoms with Crippen LogP contribution in [0.3, 0.4) is 0 Å². The van der Waals surface area contributed by atoms with E-state index in [0.717, 1.165) is 34.8 Å². The van der Waals surface area contributed by atoms with Crippen LogP contribution in [0.5, 0.6) is 0 Å². The van der Waals surface area contributed by atoms with Crippen molar-refractivity contribution in [2.75, 3.05) is 12.9 Å². The SMILES string of the molecule is CCCOC(=O)Cc1c2n(c3ccccc13)C(C)C(OS(C)(=O)=O)CC2. The lowest BCUT2D eigenvalue weighted by molar-refractivity contribution is -0.142. The highest BCUT2D eigenvalue weighted by Crippen LogP contribution is 2.37. The lowest BCUT2D eigenvalue weighted by Gasteiger charge is -2.32. The first-order valence-electron chi connectivity index (χ1n) is 8.96. The van der Waals surface area contributed by atoms with E-state index in [4.69, 9.17) is 8.92 Å². The van der Waals surface area contributed by atoms with Crippen molar-refractivity contribution in [1.29, 1.82) is 0 Å². The van der Waals surface area contributed by atoms with Gasteiger partial charge in [-0.15, -0.1) is 0 Å². The highest BCUT2D eigenvalue weighted by molar-refractivity contribution is 7.86. The van der Waals surface area contributed by atoms with Crippen LogP contribution in [0.15, 0.2) is 24.3 Å². The van der Waals surface area contributed by atoms with Gasteiger partial charge in [0.2, 0.25) is 0 Å². The summed E-state index contributed by atoms with van der Waals surface area (Å²) in [5.41, 5.74) is 3.04. The van der Waals surface area contributed by atoms with Gasteiger partial charge in [-0.1, -0.05) is 25.1 Å². The van der Waals surface area contributed by atoms with Crippen LogP contribution in [0.1, 0.15) is 44.0 Å². The number of hydrogen-bond acceptors (Lipinski definition) is 5. The van der Waals surface area contributed by atoms with Crippen molar-refractivity contribution >= 4 is 27.0 Å². The quantitative estimate of drug-likeness (QED) is 0.570. The average Bonchev–Trinajstić information content (AvgIpc) is 2.89. The highest BCUT2D eigenvalue weighted by Gasteiger charge is 2.33. The summed E-state index contributed by atoms with van der Waals surface area (Å²) < 4.78 is 35.8. The Morgan fingerprint density at radius 3 is 2.73 bits per heavy atom. The zero-order valence-electron chi connectivity index (χ0n) is 15.4. The molecule has 0 spiro atoms. The van der Waals surface area contributed by atoms with E-state index in [1.54, 1.807) is 0 Å². The summed E-state index contributed by atoms with van der Waals surface area (Å²) in [7, 11) is -3.52. The van der Waals surface area contributed by atoms with Crippen molar-refractivity contribution in [3.63, 3.8) is 0 Å². The Labute approximate surface area is 154 Å². The van der Waals surface area contributed by atoms with Gasteiger partial charge in [-0.3, -0.25) is 8.98 Å². The number of esters is 1. The number of ether oxygens (including phenoxy) is 1. The Bertz CT molecular complexity index is 915.